The summed E-state index contributed by atoms with van der Waals surface area (Å²) >= 11 is 4.67. The largest absolute Gasteiger partial charge is 0.331 e. The highest BCUT2D eigenvalue weighted by atomic mass is 127. The second kappa shape index (κ2) is 29.5. The second-order valence-electron chi connectivity index (χ2n) is 9.91. The first-order valence-electron chi connectivity index (χ1n) is 16.1. The Hall–Kier alpha value is -2.64. The zero-order chi connectivity index (χ0) is 35.3. The molecular weight excluding hydrogens is 819 g/mol. The van der Waals surface area contributed by atoms with E-state index in [9.17, 15) is 4.79 Å². The summed E-state index contributed by atoms with van der Waals surface area (Å²) in [5, 5.41) is 6.84. The monoisotopic (exact) mass is 871 g/mol. The fourth-order valence-corrected chi connectivity index (χ4v) is 6.93. The highest BCUT2D eigenvalue weighted by molar-refractivity contribution is 14.1. The van der Waals surface area contributed by atoms with Crippen molar-refractivity contribution >= 4 is 85.6 Å². The number of carbonyl (C=O) groups excluding carboxylic acids is 1. The Morgan fingerprint density at radius 2 is 0.936 bits per heavy atom. The Morgan fingerprint density at radius 3 is 1.17 bits per heavy atom. The van der Waals surface area contributed by atoms with Gasteiger partial charge in [-0.15, -0.1) is 0 Å². The van der Waals surface area contributed by atoms with E-state index >= 15 is 0 Å². The van der Waals surface area contributed by atoms with Crippen molar-refractivity contribution in [3.63, 3.8) is 0 Å². The van der Waals surface area contributed by atoms with Gasteiger partial charge in [0.2, 0.25) is 0 Å². The standard InChI is InChI=1S/C18H15P.C10H6I2.C6H8O.2C3H8.C2H7N/c1-4-10-16(11-5-1)19(17-12-6-2-7-13-17)18-14-8-3-9-15-18;11-9-3-1-7-5-10(12)4-2-8(7)6-9;1-3-5-6(7)4-2;2*1-3-2;1-2-3/h1-15H;1-6H;3-5H,2H2,1H3;2*3H2,1-2H3;2-3H2,1H3. The van der Waals surface area contributed by atoms with Crippen LogP contribution in [0.25, 0.3) is 10.8 Å². The van der Waals surface area contributed by atoms with Crippen molar-refractivity contribution in [2.75, 3.05) is 6.54 Å². The average molecular weight is 872 g/mol. The quantitative estimate of drug-likeness (QED) is 0.109. The smallest absolute Gasteiger partial charge is 0.177 e. The van der Waals surface area contributed by atoms with E-state index in [4.69, 9.17) is 5.73 Å². The molecule has 0 amide bonds. The SMILES string of the molecule is C=CC(=O)C=CC.CCC.CCC.CCN.Ic1ccc2cc(I)ccc2c1.c1ccc(P(c2ccccc2)c2ccccc2)cc1. The summed E-state index contributed by atoms with van der Waals surface area (Å²) in [4.78, 5) is 10.2. The van der Waals surface area contributed by atoms with Crippen LogP contribution in [0.5, 0.6) is 0 Å². The minimum absolute atomic E-state index is 0.0394. The third-order valence-electron chi connectivity index (χ3n) is 5.34. The number of nitrogens with two attached hydrogens (primary N) is 1. The van der Waals surface area contributed by atoms with Crippen LogP contribution in [0.15, 0.2) is 152 Å². The predicted octanol–water partition coefficient (Wildman–Crippen LogP) is 11.6. The molecule has 0 aliphatic heterocycles. The molecule has 0 atom stereocenters. The molecule has 0 saturated heterocycles. The molecule has 0 aromatic heterocycles. The molecule has 0 heterocycles. The zero-order valence-corrected chi connectivity index (χ0v) is 34.1. The van der Waals surface area contributed by atoms with Gasteiger partial charge in [-0.2, -0.15) is 0 Å². The molecule has 0 bridgehead atoms. The fourth-order valence-electron chi connectivity index (χ4n) is 3.60. The molecule has 47 heavy (non-hydrogen) atoms. The highest BCUT2D eigenvalue weighted by Crippen LogP contribution is 2.32. The van der Waals surface area contributed by atoms with Crippen molar-refractivity contribution in [2.24, 2.45) is 5.73 Å². The van der Waals surface area contributed by atoms with Crippen molar-refractivity contribution in [3.05, 3.63) is 159 Å². The molecule has 0 aliphatic carbocycles. The molecule has 0 fully saturated rings. The van der Waals surface area contributed by atoms with Crippen LogP contribution in [0.3, 0.4) is 0 Å². The van der Waals surface area contributed by atoms with Crippen molar-refractivity contribution < 1.29 is 4.79 Å². The van der Waals surface area contributed by atoms with Crippen LogP contribution in [0, 0.1) is 7.14 Å². The number of ketones is 1. The maximum Gasteiger partial charge on any atom is 0.177 e. The van der Waals surface area contributed by atoms with Gasteiger partial charge in [-0.05, 0) is 130 Å². The lowest BCUT2D eigenvalue weighted by Gasteiger charge is -2.18. The van der Waals surface area contributed by atoms with Gasteiger partial charge in [0.05, 0.1) is 0 Å². The molecule has 5 aromatic carbocycles. The van der Waals surface area contributed by atoms with Gasteiger partial charge < -0.3 is 5.73 Å². The summed E-state index contributed by atoms with van der Waals surface area (Å²) in [7, 11) is -0.446. The Morgan fingerprint density at radius 1 is 0.638 bits per heavy atom. The number of benzene rings is 5. The van der Waals surface area contributed by atoms with Crippen LogP contribution in [-0.4, -0.2) is 12.3 Å². The minimum atomic E-state index is -0.446. The number of fused-ring (bicyclic) bond motifs is 1. The molecule has 0 unspecified atom stereocenters. The summed E-state index contributed by atoms with van der Waals surface area (Å²) < 4.78 is 2.59. The number of carbonyl (C=O) groups is 1. The van der Waals surface area contributed by atoms with E-state index in [1.54, 1.807) is 13.0 Å². The fraction of sp³-hybridized carbons (Fsp3) is 0.214. The molecule has 250 valence electrons. The first-order valence-corrected chi connectivity index (χ1v) is 19.6. The van der Waals surface area contributed by atoms with Crippen LogP contribution in [0.1, 0.15) is 54.4 Å². The topological polar surface area (TPSA) is 43.1 Å². The van der Waals surface area contributed by atoms with Crippen LogP contribution in [0.4, 0.5) is 0 Å². The second-order valence-corrected chi connectivity index (χ2v) is 14.6. The molecule has 5 rings (SSSR count). The molecule has 0 aliphatic rings. The Balaban J connectivity index is 0.000000648. The molecule has 5 heteroatoms. The lowest BCUT2D eigenvalue weighted by Crippen LogP contribution is -2.20. The van der Waals surface area contributed by atoms with E-state index < -0.39 is 7.92 Å². The summed E-state index contributed by atoms with van der Waals surface area (Å²) in [5.74, 6) is -0.0394. The lowest BCUT2D eigenvalue weighted by atomic mass is 10.1. The van der Waals surface area contributed by atoms with Gasteiger partial charge >= 0.3 is 0 Å². The molecule has 5 aromatic rings. The third-order valence-corrected chi connectivity index (χ3v) is 9.13. The van der Waals surface area contributed by atoms with Crippen molar-refractivity contribution in [2.45, 2.75) is 54.4 Å². The average Bonchev–Trinajstić information content (AvgIpc) is 3.08. The Bertz CT molecular complexity index is 1380. The third kappa shape index (κ3) is 20.4. The number of hydrogen-bond donors (Lipinski definition) is 1. The summed E-state index contributed by atoms with van der Waals surface area (Å²) in [5.41, 5.74) is 4.85. The van der Waals surface area contributed by atoms with Crippen molar-refractivity contribution in [1.82, 2.24) is 0 Å². The van der Waals surface area contributed by atoms with Gasteiger partial charge in [0, 0.05) is 7.14 Å². The molecule has 0 radical (unpaired) electrons. The van der Waals surface area contributed by atoms with Gasteiger partial charge in [0.1, 0.15) is 0 Å². The van der Waals surface area contributed by atoms with Gasteiger partial charge in [-0.1, -0.05) is 163 Å². The molecule has 0 saturated carbocycles. The Kier molecular flexibility index (Phi) is 27.8. The number of hydrogen-bond acceptors (Lipinski definition) is 2. The van der Waals surface area contributed by atoms with E-state index in [2.05, 4.69) is 207 Å². The van der Waals surface area contributed by atoms with Crippen LogP contribution in [-0.2, 0) is 4.79 Å². The minimum Gasteiger partial charge on any atom is -0.331 e. The van der Waals surface area contributed by atoms with Crippen LogP contribution < -0.4 is 21.6 Å². The molecular formula is C42H52I2NOP. The van der Waals surface area contributed by atoms with E-state index in [0.717, 1.165) is 6.54 Å². The summed E-state index contributed by atoms with van der Waals surface area (Å²) in [6.45, 7) is 16.2. The van der Waals surface area contributed by atoms with E-state index in [1.807, 2.05) is 6.92 Å². The van der Waals surface area contributed by atoms with Gasteiger partial charge in [-0.3, -0.25) is 4.79 Å². The lowest BCUT2D eigenvalue weighted by molar-refractivity contribution is -0.110. The Labute approximate surface area is 314 Å². The van der Waals surface area contributed by atoms with Crippen LogP contribution >= 0.6 is 53.1 Å². The van der Waals surface area contributed by atoms with E-state index in [1.165, 1.54) is 58.8 Å². The van der Waals surface area contributed by atoms with Gasteiger partial charge in [0.15, 0.2) is 5.78 Å². The normalized spacial score (nSPS) is 9.49. The van der Waals surface area contributed by atoms with Crippen LogP contribution in [0.2, 0.25) is 0 Å². The maximum absolute atomic E-state index is 10.2. The summed E-state index contributed by atoms with van der Waals surface area (Å²) in [6, 6.07) is 45.3. The predicted molar refractivity (Wildman–Crippen MR) is 231 cm³/mol. The van der Waals surface area contributed by atoms with Crippen molar-refractivity contribution in [3.8, 4) is 0 Å². The van der Waals surface area contributed by atoms with E-state index in [0.29, 0.717) is 0 Å². The maximum atomic E-state index is 10.2. The summed E-state index contributed by atoms with van der Waals surface area (Å²) in [6.07, 6.45) is 6.93. The first kappa shape index (κ1) is 44.4. The molecule has 2 nitrogen and oxygen atoms in total. The zero-order valence-electron chi connectivity index (χ0n) is 28.9. The number of halogens is 2. The number of allylic oxidation sites excluding steroid dienone is 3. The van der Waals surface area contributed by atoms with Gasteiger partial charge in [0.25, 0.3) is 0 Å². The highest BCUT2D eigenvalue weighted by Gasteiger charge is 2.15. The van der Waals surface area contributed by atoms with E-state index in [-0.39, 0.29) is 5.78 Å². The van der Waals surface area contributed by atoms with Gasteiger partial charge in [-0.25, -0.2) is 0 Å². The first-order chi connectivity index (χ1) is 22.8. The number of rotatable bonds is 5. The van der Waals surface area contributed by atoms with Crippen molar-refractivity contribution in [1.29, 1.82) is 0 Å². The molecule has 0 spiro atoms. The molecule has 2 N–H and O–H groups in total.